The first-order valence-electron chi connectivity index (χ1n) is 11.9. The third-order valence-electron chi connectivity index (χ3n) is 7.45. The molecule has 0 atom stereocenters. The first-order chi connectivity index (χ1) is 15.1. The average molecular weight is 451 g/mol. The topological polar surface area (TPSA) is 55.4 Å². The van der Waals surface area contributed by atoms with Crippen LogP contribution >= 0.6 is 0 Å². The van der Waals surface area contributed by atoms with Gasteiger partial charge in [-0.25, -0.2) is 0 Å². The molecule has 2 saturated carbocycles. The summed E-state index contributed by atoms with van der Waals surface area (Å²) in [6, 6.07) is 6.03. The monoisotopic (exact) mass is 450 g/mol. The van der Waals surface area contributed by atoms with Gasteiger partial charge in [-0.15, -0.1) is 0 Å². The van der Waals surface area contributed by atoms with E-state index >= 15 is 0 Å². The zero-order chi connectivity index (χ0) is 21.7. The van der Waals surface area contributed by atoms with Gasteiger partial charge >= 0.3 is 8.80 Å². The van der Waals surface area contributed by atoms with Crippen molar-refractivity contribution in [3.05, 3.63) is 23.8 Å². The van der Waals surface area contributed by atoms with E-state index in [4.69, 9.17) is 27.5 Å². The van der Waals surface area contributed by atoms with Gasteiger partial charge < -0.3 is 27.5 Å². The predicted molar refractivity (Wildman–Crippen MR) is 120 cm³/mol. The SMILES string of the molecule is CO[Si](COc1ccc2c(c1)COC(C1CCCCC1)(C1CCCCC1)O2)(OC)OC. The lowest BCUT2D eigenvalue weighted by molar-refractivity contribution is -0.278. The normalized spacial score (nSPS) is 22.5. The number of hydrogen-bond acceptors (Lipinski definition) is 6. The van der Waals surface area contributed by atoms with Crippen LogP contribution in [0.2, 0.25) is 0 Å². The van der Waals surface area contributed by atoms with Crippen LogP contribution in [0.15, 0.2) is 18.2 Å². The Kier molecular flexibility index (Phi) is 7.59. The highest BCUT2D eigenvalue weighted by atomic mass is 28.4. The zero-order valence-corrected chi connectivity index (χ0v) is 20.3. The quantitative estimate of drug-likeness (QED) is 0.504. The molecule has 0 saturated heterocycles. The van der Waals surface area contributed by atoms with Crippen molar-refractivity contribution in [1.82, 2.24) is 0 Å². The second kappa shape index (κ2) is 10.2. The first-order valence-corrected chi connectivity index (χ1v) is 13.8. The van der Waals surface area contributed by atoms with Crippen LogP contribution in [0.1, 0.15) is 69.8 Å². The van der Waals surface area contributed by atoms with Gasteiger partial charge in [-0.2, -0.15) is 0 Å². The molecule has 1 aromatic rings. The van der Waals surface area contributed by atoms with E-state index in [2.05, 4.69) is 0 Å². The van der Waals surface area contributed by atoms with E-state index in [-0.39, 0.29) is 6.23 Å². The molecule has 6 nitrogen and oxygen atoms in total. The molecular formula is C24H38O6Si. The van der Waals surface area contributed by atoms with E-state index in [0.717, 1.165) is 17.1 Å². The molecule has 0 N–H and O–H groups in total. The molecule has 0 radical (unpaired) electrons. The summed E-state index contributed by atoms with van der Waals surface area (Å²) in [6.45, 7) is 0.570. The summed E-state index contributed by atoms with van der Waals surface area (Å²) in [5, 5.41) is 0. The second-order valence-corrected chi connectivity index (χ2v) is 12.0. The van der Waals surface area contributed by atoms with Crippen LogP contribution in [0.3, 0.4) is 0 Å². The number of benzene rings is 1. The smallest absolute Gasteiger partial charge is 0.489 e. The van der Waals surface area contributed by atoms with E-state index < -0.39 is 14.6 Å². The molecular weight excluding hydrogens is 412 g/mol. The van der Waals surface area contributed by atoms with Crippen molar-refractivity contribution in [2.75, 3.05) is 27.6 Å². The Morgan fingerprint density at radius 1 is 0.871 bits per heavy atom. The van der Waals surface area contributed by atoms with Gasteiger partial charge in [-0.3, -0.25) is 0 Å². The summed E-state index contributed by atoms with van der Waals surface area (Å²) in [6.07, 6.45) is 12.9. The fraction of sp³-hybridized carbons (Fsp3) is 0.750. The van der Waals surface area contributed by atoms with Gasteiger partial charge in [0.15, 0.2) is 6.23 Å². The molecule has 1 aromatic carbocycles. The maximum absolute atomic E-state index is 6.82. The summed E-state index contributed by atoms with van der Waals surface area (Å²) in [5.74, 6) is 2.22. The number of ether oxygens (including phenoxy) is 3. The van der Waals surface area contributed by atoms with Gasteiger partial charge in [-0.05, 0) is 43.9 Å². The van der Waals surface area contributed by atoms with Crippen molar-refractivity contribution < 1.29 is 27.5 Å². The highest BCUT2D eigenvalue weighted by molar-refractivity contribution is 6.60. The first kappa shape index (κ1) is 23.0. The maximum Gasteiger partial charge on any atom is 0.539 e. The number of rotatable bonds is 8. The van der Waals surface area contributed by atoms with Gasteiger partial charge in [0.1, 0.15) is 11.5 Å². The van der Waals surface area contributed by atoms with Crippen molar-refractivity contribution in [1.29, 1.82) is 0 Å². The molecule has 0 bridgehead atoms. The molecule has 0 spiro atoms. The Morgan fingerprint density at radius 2 is 1.45 bits per heavy atom. The van der Waals surface area contributed by atoms with Gasteiger partial charge in [0.2, 0.25) is 5.79 Å². The minimum absolute atomic E-state index is 0.255. The van der Waals surface area contributed by atoms with Crippen LogP contribution in [0.5, 0.6) is 11.5 Å². The van der Waals surface area contributed by atoms with E-state index in [1.165, 1.54) is 64.2 Å². The van der Waals surface area contributed by atoms with Gasteiger partial charge in [0.25, 0.3) is 0 Å². The lowest BCUT2D eigenvalue weighted by Gasteiger charge is -2.50. The lowest BCUT2D eigenvalue weighted by atomic mass is 9.72. The van der Waals surface area contributed by atoms with Crippen LogP contribution in [-0.2, 0) is 24.6 Å². The van der Waals surface area contributed by atoms with Crippen molar-refractivity contribution in [2.24, 2.45) is 11.8 Å². The minimum atomic E-state index is -2.79. The highest BCUT2D eigenvalue weighted by Gasteiger charge is 2.51. The molecule has 3 aliphatic rings. The van der Waals surface area contributed by atoms with Gasteiger partial charge in [-0.1, -0.05) is 38.5 Å². The molecule has 0 unspecified atom stereocenters. The largest absolute Gasteiger partial charge is 0.539 e. The van der Waals surface area contributed by atoms with Crippen LogP contribution in [0.4, 0.5) is 0 Å². The molecule has 0 amide bonds. The van der Waals surface area contributed by atoms with Crippen molar-refractivity contribution in [3.63, 3.8) is 0 Å². The van der Waals surface area contributed by atoms with E-state index in [9.17, 15) is 0 Å². The van der Waals surface area contributed by atoms with Crippen molar-refractivity contribution in [3.8, 4) is 11.5 Å². The Bertz CT molecular complexity index is 684. The Balaban J connectivity index is 1.52. The lowest BCUT2D eigenvalue weighted by Crippen LogP contribution is -2.55. The van der Waals surface area contributed by atoms with E-state index in [0.29, 0.717) is 18.4 Å². The third-order valence-corrected chi connectivity index (χ3v) is 9.82. The zero-order valence-electron chi connectivity index (χ0n) is 19.3. The summed E-state index contributed by atoms with van der Waals surface area (Å²) < 4.78 is 35.8. The van der Waals surface area contributed by atoms with Crippen LogP contribution in [0.25, 0.3) is 0 Å². The standard InChI is InChI=1S/C24H38O6Si/c1-25-31(26-2,27-3)18-28-22-14-15-23-19(16-22)17-29-24(30-23,20-10-6-4-7-11-20)21-12-8-5-9-13-21/h14-16,20-21H,4-13,17-18H2,1-3H3. The molecule has 1 heterocycles. The van der Waals surface area contributed by atoms with E-state index in [1.54, 1.807) is 21.3 Å². The summed E-state index contributed by atoms with van der Waals surface area (Å²) >= 11 is 0. The molecule has 4 rings (SSSR count). The summed E-state index contributed by atoms with van der Waals surface area (Å²) in [7, 11) is 1.98. The molecule has 1 aliphatic heterocycles. The maximum atomic E-state index is 6.82. The van der Waals surface area contributed by atoms with Crippen LogP contribution in [-0.4, -0.2) is 42.2 Å². The molecule has 0 aromatic heterocycles. The second-order valence-electron chi connectivity index (χ2n) is 9.14. The molecule has 31 heavy (non-hydrogen) atoms. The van der Waals surface area contributed by atoms with Crippen LogP contribution < -0.4 is 9.47 Å². The van der Waals surface area contributed by atoms with Crippen LogP contribution in [0, 0.1) is 11.8 Å². The average Bonchev–Trinajstić information content (AvgIpc) is 2.86. The van der Waals surface area contributed by atoms with Gasteiger partial charge in [0.05, 0.1) is 6.61 Å². The molecule has 7 heteroatoms. The molecule has 2 fully saturated rings. The highest BCUT2D eigenvalue weighted by Crippen LogP contribution is 2.49. The van der Waals surface area contributed by atoms with E-state index in [1.807, 2.05) is 18.2 Å². The Morgan fingerprint density at radius 3 is 2.00 bits per heavy atom. The number of fused-ring (bicyclic) bond motifs is 1. The Hall–Kier alpha value is -1.12. The van der Waals surface area contributed by atoms with Gasteiger partial charge in [0, 0.05) is 38.7 Å². The Labute approximate surface area is 187 Å². The molecule has 2 aliphatic carbocycles. The van der Waals surface area contributed by atoms with Crippen molar-refractivity contribution in [2.45, 2.75) is 76.6 Å². The fourth-order valence-electron chi connectivity index (χ4n) is 5.59. The minimum Gasteiger partial charge on any atom is -0.489 e. The summed E-state index contributed by atoms with van der Waals surface area (Å²) in [5.41, 5.74) is 1.04. The number of hydrogen-bond donors (Lipinski definition) is 0. The third kappa shape index (κ3) is 4.81. The van der Waals surface area contributed by atoms with Crippen molar-refractivity contribution >= 4 is 8.80 Å². The fourth-order valence-corrected chi connectivity index (χ4v) is 6.79. The molecule has 174 valence electrons. The summed E-state index contributed by atoms with van der Waals surface area (Å²) in [4.78, 5) is 0. The predicted octanol–water partition coefficient (Wildman–Crippen LogP) is 5.25.